The van der Waals surface area contributed by atoms with Crippen LogP contribution >= 0.6 is 22.9 Å². The highest BCUT2D eigenvalue weighted by molar-refractivity contribution is 7.07. The molecule has 2 rings (SSSR count). The van der Waals surface area contributed by atoms with Crippen molar-refractivity contribution in [2.45, 2.75) is 25.8 Å². The summed E-state index contributed by atoms with van der Waals surface area (Å²) in [5.74, 6) is 0.855. The third kappa shape index (κ3) is 3.98. The SMILES string of the molecule is CCNC(CCc1ccsc1)c1ccc(Cl)cc1OC. The molecule has 20 heavy (non-hydrogen) atoms. The molecule has 1 aromatic carbocycles. The molecule has 0 aliphatic rings. The fourth-order valence-electron chi connectivity index (χ4n) is 2.33. The molecular weight excluding hydrogens is 290 g/mol. The van der Waals surface area contributed by atoms with Gasteiger partial charge < -0.3 is 10.1 Å². The van der Waals surface area contributed by atoms with Crippen molar-refractivity contribution in [3.8, 4) is 5.75 Å². The molecule has 2 aromatic rings. The van der Waals surface area contributed by atoms with Gasteiger partial charge >= 0.3 is 0 Å². The van der Waals surface area contributed by atoms with Crippen LogP contribution in [-0.4, -0.2) is 13.7 Å². The molecule has 0 aliphatic heterocycles. The van der Waals surface area contributed by atoms with E-state index in [-0.39, 0.29) is 6.04 Å². The van der Waals surface area contributed by atoms with Gasteiger partial charge in [0.15, 0.2) is 0 Å². The van der Waals surface area contributed by atoms with E-state index in [1.165, 1.54) is 11.1 Å². The Labute approximate surface area is 129 Å². The van der Waals surface area contributed by atoms with Crippen LogP contribution in [0.1, 0.15) is 30.5 Å². The van der Waals surface area contributed by atoms with E-state index in [2.05, 4.69) is 35.1 Å². The number of hydrogen-bond donors (Lipinski definition) is 1. The van der Waals surface area contributed by atoms with Crippen LogP contribution in [0.2, 0.25) is 5.02 Å². The molecule has 4 heteroatoms. The Balaban J connectivity index is 2.14. The second-order valence-electron chi connectivity index (χ2n) is 4.67. The molecule has 0 saturated heterocycles. The van der Waals surface area contributed by atoms with E-state index in [9.17, 15) is 0 Å². The molecule has 1 aromatic heterocycles. The standard InChI is InChI=1S/C16H20ClNOS/c1-3-18-15(7-4-12-8-9-20-11-12)14-6-5-13(17)10-16(14)19-2/h5-6,8-11,15,18H,3-4,7H2,1-2H3. The maximum atomic E-state index is 6.04. The van der Waals surface area contributed by atoms with E-state index < -0.39 is 0 Å². The first-order valence-electron chi connectivity index (χ1n) is 6.82. The molecule has 108 valence electrons. The molecule has 0 bridgehead atoms. The summed E-state index contributed by atoms with van der Waals surface area (Å²) in [5, 5.41) is 8.58. The highest BCUT2D eigenvalue weighted by Crippen LogP contribution is 2.31. The molecule has 1 atom stereocenters. The van der Waals surface area contributed by atoms with E-state index >= 15 is 0 Å². The zero-order valence-electron chi connectivity index (χ0n) is 11.9. The van der Waals surface area contributed by atoms with Gasteiger partial charge in [0, 0.05) is 16.6 Å². The normalized spacial score (nSPS) is 12.3. The Bertz CT molecular complexity index is 527. The third-order valence-corrected chi connectivity index (χ3v) is 4.29. The molecule has 0 fully saturated rings. The predicted molar refractivity (Wildman–Crippen MR) is 87.1 cm³/mol. The van der Waals surface area contributed by atoms with Crippen LogP contribution in [0.4, 0.5) is 0 Å². The van der Waals surface area contributed by atoms with Crippen LogP contribution in [0.3, 0.4) is 0 Å². The maximum Gasteiger partial charge on any atom is 0.125 e. The minimum atomic E-state index is 0.284. The van der Waals surface area contributed by atoms with E-state index in [1.54, 1.807) is 18.4 Å². The van der Waals surface area contributed by atoms with Crippen LogP contribution in [0.25, 0.3) is 0 Å². The summed E-state index contributed by atoms with van der Waals surface area (Å²) in [6, 6.07) is 8.34. The van der Waals surface area contributed by atoms with E-state index in [1.807, 2.05) is 12.1 Å². The molecule has 1 N–H and O–H groups in total. The second kappa shape index (κ2) is 7.67. The minimum Gasteiger partial charge on any atom is -0.496 e. The number of methoxy groups -OCH3 is 1. The summed E-state index contributed by atoms with van der Waals surface area (Å²) >= 11 is 7.78. The first-order valence-corrected chi connectivity index (χ1v) is 8.14. The van der Waals surface area contributed by atoms with Gasteiger partial charge in [-0.05, 0) is 53.9 Å². The summed E-state index contributed by atoms with van der Waals surface area (Å²) in [6.45, 7) is 3.06. The summed E-state index contributed by atoms with van der Waals surface area (Å²) < 4.78 is 5.47. The van der Waals surface area contributed by atoms with Gasteiger partial charge in [-0.3, -0.25) is 0 Å². The largest absolute Gasteiger partial charge is 0.496 e. The van der Waals surface area contributed by atoms with Gasteiger partial charge in [-0.1, -0.05) is 24.6 Å². The van der Waals surface area contributed by atoms with Crippen molar-refractivity contribution in [2.24, 2.45) is 0 Å². The molecule has 0 aliphatic carbocycles. The van der Waals surface area contributed by atoms with Crippen molar-refractivity contribution in [3.05, 3.63) is 51.2 Å². The highest BCUT2D eigenvalue weighted by Gasteiger charge is 2.15. The van der Waals surface area contributed by atoms with Crippen molar-refractivity contribution in [1.29, 1.82) is 0 Å². The number of hydrogen-bond acceptors (Lipinski definition) is 3. The van der Waals surface area contributed by atoms with E-state index in [0.29, 0.717) is 5.02 Å². The Morgan fingerprint density at radius 2 is 2.20 bits per heavy atom. The number of halogens is 1. The summed E-state index contributed by atoms with van der Waals surface area (Å²) in [7, 11) is 1.69. The van der Waals surface area contributed by atoms with Gasteiger partial charge in [0.2, 0.25) is 0 Å². The average Bonchev–Trinajstić information content (AvgIpc) is 2.97. The van der Waals surface area contributed by atoms with Gasteiger partial charge in [-0.25, -0.2) is 0 Å². The van der Waals surface area contributed by atoms with E-state index in [4.69, 9.17) is 16.3 Å². The smallest absolute Gasteiger partial charge is 0.125 e. The second-order valence-corrected chi connectivity index (χ2v) is 5.88. The first-order chi connectivity index (χ1) is 9.74. The number of benzene rings is 1. The quantitative estimate of drug-likeness (QED) is 0.801. The van der Waals surface area contributed by atoms with Crippen molar-refractivity contribution < 1.29 is 4.74 Å². The van der Waals surface area contributed by atoms with Crippen molar-refractivity contribution in [1.82, 2.24) is 5.32 Å². The predicted octanol–water partition coefficient (Wildman–Crippen LogP) is 4.69. The lowest BCUT2D eigenvalue weighted by Crippen LogP contribution is -2.22. The highest BCUT2D eigenvalue weighted by atomic mass is 35.5. The lowest BCUT2D eigenvalue weighted by molar-refractivity contribution is 0.396. The van der Waals surface area contributed by atoms with Gasteiger partial charge in [0.25, 0.3) is 0 Å². The topological polar surface area (TPSA) is 21.3 Å². The molecular formula is C16H20ClNOS. The fraction of sp³-hybridized carbons (Fsp3) is 0.375. The summed E-state index contributed by atoms with van der Waals surface area (Å²) in [4.78, 5) is 0. The van der Waals surface area contributed by atoms with Crippen LogP contribution in [-0.2, 0) is 6.42 Å². The van der Waals surface area contributed by atoms with Gasteiger partial charge in [0.05, 0.1) is 7.11 Å². The van der Waals surface area contributed by atoms with Gasteiger partial charge in [-0.15, -0.1) is 0 Å². The summed E-state index contributed by atoms with van der Waals surface area (Å²) in [5.41, 5.74) is 2.57. The lowest BCUT2D eigenvalue weighted by atomic mass is 9.99. The Kier molecular flexibility index (Phi) is 5.89. The zero-order valence-corrected chi connectivity index (χ0v) is 13.4. The van der Waals surface area contributed by atoms with Crippen molar-refractivity contribution in [2.75, 3.05) is 13.7 Å². The Morgan fingerprint density at radius 3 is 2.85 bits per heavy atom. The third-order valence-electron chi connectivity index (χ3n) is 3.32. The average molecular weight is 310 g/mol. The minimum absolute atomic E-state index is 0.284. The molecule has 0 amide bonds. The monoisotopic (exact) mass is 309 g/mol. The molecule has 2 nitrogen and oxygen atoms in total. The fourth-order valence-corrected chi connectivity index (χ4v) is 3.20. The molecule has 1 unspecified atom stereocenters. The molecule has 1 heterocycles. The molecule has 0 spiro atoms. The molecule has 0 saturated carbocycles. The zero-order chi connectivity index (χ0) is 14.4. The Morgan fingerprint density at radius 1 is 1.35 bits per heavy atom. The Hall–Kier alpha value is -1.03. The van der Waals surface area contributed by atoms with E-state index in [0.717, 1.165) is 25.1 Å². The number of nitrogens with one attached hydrogen (secondary N) is 1. The van der Waals surface area contributed by atoms with Crippen LogP contribution in [0, 0.1) is 0 Å². The number of thiophene rings is 1. The van der Waals surface area contributed by atoms with Crippen molar-refractivity contribution in [3.63, 3.8) is 0 Å². The van der Waals surface area contributed by atoms with Crippen LogP contribution in [0.15, 0.2) is 35.0 Å². The van der Waals surface area contributed by atoms with Gasteiger partial charge in [-0.2, -0.15) is 11.3 Å². The number of aryl methyl sites for hydroxylation is 1. The lowest BCUT2D eigenvalue weighted by Gasteiger charge is -2.21. The van der Waals surface area contributed by atoms with Crippen molar-refractivity contribution >= 4 is 22.9 Å². The maximum absolute atomic E-state index is 6.04. The first kappa shape index (κ1) is 15.4. The number of ether oxygens (including phenoxy) is 1. The summed E-state index contributed by atoms with van der Waals surface area (Å²) in [6.07, 6.45) is 2.11. The number of rotatable bonds is 7. The van der Waals surface area contributed by atoms with Crippen LogP contribution in [0.5, 0.6) is 5.75 Å². The molecule has 0 radical (unpaired) electrons. The van der Waals surface area contributed by atoms with Crippen LogP contribution < -0.4 is 10.1 Å². The van der Waals surface area contributed by atoms with Gasteiger partial charge in [0.1, 0.15) is 5.75 Å².